The predicted octanol–water partition coefficient (Wildman–Crippen LogP) is 1.39. The molecule has 1 aromatic rings. The van der Waals surface area contributed by atoms with Crippen LogP contribution in [-0.4, -0.2) is 28.8 Å². The maximum Gasteiger partial charge on any atom is 0.223 e. The molecule has 0 spiro atoms. The van der Waals surface area contributed by atoms with E-state index < -0.39 is 6.10 Å². The van der Waals surface area contributed by atoms with Crippen LogP contribution in [-0.2, 0) is 4.79 Å². The van der Waals surface area contributed by atoms with E-state index in [2.05, 4.69) is 5.32 Å². The normalized spacial score (nSPS) is 17.8. The number of carbonyl (C=O) groups excluding carboxylic acids is 1. The van der Waals surface area contributed by atoms with Crippen molar-refractivity contribution in [2.75, 3.05) is 6.61 Å². The molecule has 0 radical (unpaired) electrons. The van der Waals surface area contributed by atoms with Gasteiger partial charge in [0, 0.05) is 12.6 Å². The lowest BCUT2D eigenvalue weighted by atomic mass is 10.1. The van der Waals surface area contributed by atoms with Gasteiger partial charge in [0.1, 0.15) is 0 Å². The summed E-state index contributed by atoms with van der Waals surface area (Å²) in [5, 5.41) is 21.9. The Hall–Kier alpha value is -1.39. The standard InChI is InChI=1S/C15H21NO3/c17-9-8-13(11-6-7-11)16-15(19)10-14(18)12-4-2-1-3-5-12/h1-5,11,13-14,17-18H,6-10H2,(H,16,19). The van der Waals surface area contributed by atoms with Crippen LogP contribution < -0.4 is 5.32 Å². The second-order valence-electron chi connectivity index (χ2n) is 5.15. The molecule has 1 fully saturated rings. The fourth-order valence-electron chi connectivity index (χ4n) is 2.30. The second-order valence-corrected chi connectivity index (χ2v) is 5.15. The van der Waals surface area contributed by atoms with Crippen molar-refractivity contribution in [3.05, 3.63) is 35.9 Å². The molecular formula is C15H21NO3. The molecule has 2 atom stereocenters. The minimum Gasteiger partial charge on any atom is -0.396 e. The Morgan fingerprint density at radius 2 is 2.00 bits per heavy atom. The van der Waals surface area contributed by atoms with Crippen LogP contribution in [0, 0.1) is 5.92 Å². The first-order valence-corrected chi connectivity index (χ1v) is 6.84. The van der Waals surface area contributed by atoms with Crippen molar-refractivity contribution in [1.29, 1.82) is 0 Å². The highest BCUT2D eigenvalue weighted by atomic mass is 16.3. The van der Waals surface area contributed by atoms with Gasteiger partial charge in [0.15, 0.2) is 0 Å². The van der Waals surface area contributed by atoms with Gasteiger partial charge in [-0.1, -0.05) is 30.3 Å². The third kappa shape index (κ3) is 4.33. The summed E-state index contributed by atoms with van der Waals surface area (Å²) >= 11 is 0. The number of carbonyl (C=O) groups is 1. The Bertz CT molecular complexity index is 403. The average Bonchev–Trinajstić information content (AvgIpc) is 3.23. The van der Waals surface area contributed by atoms with Crippen LogP contribution in [0.3, 0.4) is 0 Å². The summed E-state index contributed by atoms with van der Waals surface area (Å²) in [5.74, 6) is 0.353. The molecule has 0 saturated heterocycles. The first-order chi connectivity index (χ1) is 9.20. The quantitative estimate of drug-likeness (QED) is 0.696. The lowest BCUT2D eigenvalue weighted by Gasteiger charge is -2.18. The number of nitrogens with one attached hydrogen (secondary N) is 1. The van der Waals surface area contributed by atoms with E-state index in [9.17, 15) is 9.90 Å². The molecule has 1 saturated carbocycles. The summed E-state index contributed by atoms with van der Waals surface area (Å²) in [5.41, 5.74) is 0.753. The van der Waals surface area contributed by atoms with Gasteiger partial charge in [-0.3, -0.25) is 4.79 Å². The van der Waals surface area contributed by atoms with Gasteiger partial charge in [0.2, 0.25) is 5.91 Å². The van der Waals surface area contributed by atoms with Crippen LogP contribution in [0.2, 0.25) is 0 Å². The van der Waals surface area contributed by atoms with Gasteiger partial charge < -0.3 is 15.5 Å². The fourth-order valence-corrected chi connectivity index (χ4v) is 2.30. The molecule has 4 heteroatoms. The number of hydrogen-bond donors (Lipinski definition) is 3. The number of hydrogen-bond acceptors (Lipinski definition) is 3. The summed E-state index contributed by atoms with van der Waals surface area (Å²) in [4.78, 5) is 11.9. The van der Waals surface area contributed by atoms with Crippen molar-refractivity contribution >= 4 is 5.91 Å². The third-order valence-electron chi connectivity index (χ3n) is 3.54. The highest BCUT2D eigenvalue weighted by molar-refractivity contribution is 5.77. The SMILES string of the molecule is O=C(CC(O)c1ccccc1)NC(CCO)C1CC1. The fraction of sp³-hybridized carbons (Fsp3) is 0.533. The molecule has 0 heterocycles. The smallest absolute Gasteiger partial charge is 0.223 e. The maximum absolute atomic E-state index is 11.9. The monoisotopic (exact) mass is 263 g/mol. The van der Waals surface area contributed by atoms with Gasteiger partial charge in [0.25, 0.3) is 0 Å². The summed E-state index contributed by atoms with van der Waals surface area (Å²) in [7, 11) is 0. The van der Waals surface area contributed by atoms with Crippen LogP contribution in [0.1, 0.15) is 37.4 Å². The van der Waals surface area contributed by atoms with E-state index in [0.717, 1.165) is 18.4 Å². The van der Waals surface area contributed by atoms with E-state index in [4.69, 9.17) is 5.11 Å². The number of benzene rings is 1. The van der Waals surface area contributed by atoms with E-state index in [1.807, 2.05) is 30.3 Å². The topological polar surface area (TPSA) is 69.6 Å². The third-order valence-corrected chi connectivity index (χ3v) is 3.54. The first-order valence-electron chi connectivity index (χ1n) is 6.84. The molecule has 0 bridgehead atoms. The molecular weight excluding hydrogens is 242 g/mol. The van der Waals surface area contributed by atoms with Gasteiger partial charge in [-0.25, -0.2) is 0 Å². The highest BCUT2D eigenvalue weighted by Crippen LogP contribution is 2.34. The van der Waals surface area contributed by atoms with Gasteiger partial charge in [0.05, 0.1) is 12.5 Å². The van der Waals surface area contributed by atoms with Gasteiger partial charge in [-0.2, -0.15) is 0 Å². The van der Waals surface area contributed by atoms with Gasteiger partial charge in [-0.15, -0.1) is 0 Å². The zero-order chi connectivity index (χ0) is 13.7. The Labute approximate surface area is 113 Å². The van der Waals surface area contributed by atoms with Crippen molar-refractivity contribution < 1.29 is 15.0 Å². The summed E-state index contributed by atoms with van der Waals surface area (Å²) in [6, 6.07) is 9.24. The number of aliphatic hydroxyl groups excluding tert-OH is 2. The van der Waals surface area contributed by atoms with E-state index >= 15 is 0 Å². The molecule has 104 valence electrons. The maximum atomic E-state index is 11.9. The lowest BCUT2D eigenvalue weighted by molar-refractivity contribution is -0.124. The van der Waals surface area contributed by atoms with Crippen molar-refractivity contribution in [1.82, 2.24) is 5.32 Å². The average molecular weight is 263 g/mol. The zero-order valence-corrected chi connectivity index (χ0v) is 11.0. The van der Waals surface area contributed by atoms with Crippen LogP contribution in [0.15, 0.2) is 30.3 Å². The number of aliphatic hydroxyl groups is 2. The molecule has 1 aliphatic carbocycles. The Morgan fingerprint density at radius 3 is 2.58 bits per heavy atom. The van der Waals surface area contributed by atoms with E-state index in [1.54, 1.807) is 0 Å². The summed E-state index contributed by atoms with van der Waals surface area (Å²) in [6.45, 7) is 0.0860. The van der Waals surface area contributed by atoms with Crippen molar-refractivity contribution in [3.8, 4) is 0 Å². The molecule has 2 unspecified atom stereocenters. The minimum atomic E-state index is -0.768. The number of rotatable bonds is 7. The Kier molecular flexibility index (Phi) is 4.93. The minimum absolute atomic E-state index is 0.0560. The molecule has 1 aliphatic rings. The van der Waals surface area contributed by atoms with E-state index in [0.29, 0.717) is 12.3 Å². The van der Waals surface area contributed by atoms with Crippen LogP contribution in [0.25, 0.3) is 0 Å². The predicted molar refractivity (Wildman–Crippen MR) is 72.4 cm³/mol. The van der Waals surface area contributed by atoms with Crippen molar-refractivity contribution in [2.24, 2.45) is 5.92 Å². The molecule has 0 aliphatic heterocycles. The first kappa shape index (κ1) is 14.0. The second kappa shape index (κ2) is 6.68. The summed E-state index contributed by atoms with van der Waals surface area (Å²) < 4.78 is 0. The van der Waals surface area contributed by atoms with Gasteiger partial charge >= 0.3 is 0 Å². The largest absolute Gasteiger partial charge is 0.396 e. The molecule has 3 N–H and O–H groups in total. The molecule has 19 heavy (non-hydrogen) atoms. The van der Waals surface area contributed by atoms with E-state index in [-0.39, 0.29) is 25.0 Å². The zero-order valence-electron chi connectivity index (χ0n) is 11.0. The molecule has 4 nitrogen and oxygen atoms in total. The molecule has 1 aromatic carbocycles. The van der Waals surface area contributed by atoms with E-state index in [1.165, 1.54) is 0 Å². The van der Waals surface area contributed by atoms with Crippen molar-refractivity contribution in [3.63, 3.8) is 0 Å². The summed E-state index contributed by atoms with van der Waals surface area (Å²) in [6.07, 6.45) is 2.13. The number of amides is 1. The molecule has 0 aromatic heterocycles. The van der Waals surface area contributed by atoms with Crippen LogP contribution >= 0.6 is 0 Å². The Balaban J connectivity index is 1.83. The lowest BCUT2D eigenvalue weighted by Crippen LogP contribution is -2.37. The highest BCUT2D eigenvalue weighted by Gasteiger charge is 2.32. The molecule has 2 rings (SSSR count). The van der Waals surface area contributed by atoms with Gasteiger partial charge in [-0.05, 0) is 30.7 Å². The van der Waals surface area contributed by atoms with Crippen molar-refractivity contribution in [2.45, 2.75) is 37.8 Å². The van der Waals surface area contributed by atoms with Crippen LogP contribution in [0.4, 0.5) is 0 Å². The molecule has 1 amide bonds. The van der Waals surface area contributed by atoms with Crippen LogP contribution in [0.5, 0.6) is 0 Å². The Morgan fingerprint density at radius 1 is 1.32 bits per heavy atom.